The third-order valence-electron chi connectivity index (χ3n) is 2.57. The Hall–Kier alpha value is -1.68. The summed E-state index contributed by atoms with van der Waals surface area (Å²) in [6.45, 7) is 1.52. The number of ketones is 1. The summed E-state index contributed by atoms with van der Waals surface area (Å²) >= 11 is 1.63. The second-order valence-electron chi connectivity index (χ2n) is 3.97. The first-order valence-corrected chi connectivity index (χ1v) is 6.75. The normalized spacial score (nSPS) is 10.5. The predicted molar refractivity (Wildman–Crippen MR) is 71.8 cm³/mol. The number of carbonyl (C=O) groups excluding carboxylic acids is 1. The van der Waals surface area contributed by atoms with Crippen molar-refractivity contribution in [1.82, 2.24) is 0 Å². The van der Waals surface area contributed by atoms with Gasteiger partial charge in [0.15, 0.2) is 5.78 Å². The standard InChI is InChI=1S/C14H14O3S/c1-10(15)11-4-5-14(16)12(7-11)8-18-9-13-3-2-6-17-13/h2-7,16H,8-9H2,1H3. The van der Waals surface area contributed by atoms with Crippen LogP contribution in [0.15, 0.2) is 41.0 Å². The van der Waals surface area contributed by atoms with Crippen LogP contribution in [0.2, 0.25) is 0 Å². The molecule has 0 unspecified atom stereocenters. The molecule has 0 fully saturated rings. The molecule has 0 aliphatic heterocycles. The summed E-state index contributed by atoms with van der Waals surface area (Å²) in [5, 5.41) is 9.73. The van der Waals surface area contributed by atoms with Gasteiger partial charge >= 0.3 is 0 Å². The zero-order valence-electron chi connectivity index (χ0n) is 10.1. The molecule has 4 heteroatoms. The first-order valence-electron chi connectivity index (χ1n) is 5.60. The minimum absolute atomic E-state index is 0.00674. The smallest absolute Gasteiger partial charge is 0.159 e. The summed E-state index contributed by atoms with van der Waals surface area (Å²) in [6.07, 6.45) is 1.64. The number of phenolic OH excluding ortho intramolecular Hbond substituents is 1. The molecule has 0 aliphatic carbocycles. The molecule has 0 aliphatic rings. The summed E-state index contributed by atoms with van der Waals surface area (Å²) in [5.74, 6) is 2.53. The fraction of sp³-hybridized carbons (Fsp3) is 0.214. The molecule has 1 N–H and O–H groups in total. The molecule has 0 radical (unpaired) electrons. The highest BCUT2D eigenvalue weighted by Gasteiger charge is 2.06. The van der Waals surface area contributed by atoms with Gasteiger partial charge < -0.3 is 9.52 Å². The predicted octanol–water partition coefficient (Wildman–Crippen LogP) is 3.62. The van der Waals surface area contributed by atoms with Gasteiger partial charge in [0.2, 0.25) is 0 Å². The molecule has 0 saturated carbocycles. The topological polar surface area (TPSA) is 50.4 Å². The maximum atomic E-state index is 11.3. The Balaban J connectivity index is 2.00. The number of furan rings is 1. The van der Waals surface area contributed by atoms with Gasteiger partial charge in [0.05, 0.1) is 12.0 Å². The molecule has 0 spiro atoms. The summed E-state index contributed by atoms with van der Waals surface area (Å²) in [5.41, 5.74) is 1.40. The quantitative estimate of drug-likeness (QED) is 0.836. The Labute approximate surface area is 110 Å². The zero-order valence-corrected chi connectivity index (χ0v) is 10.9. The average molecular weight is 262 g/mol. The largest absolute Gasteiger partial charge is 0.508 e. The minimum atomic E-state index is 0.00674. The molecule has 1 heterocycles. The highest BCUT2D eigenvalue weighted by atomic mass is 32.2. The first kappa shape index (κ1) is 12.8. The number of benzene rings is 1. The van der Waals surface area contributed by atoms with Gasteiger partial charge in [0, 0.05) is 16.9 Å². The van der Waals surface area contributed by atoms with Crippen LogP contribution in [0.25, 0.3) is 0 Å². The number of carbonyl (C=O) groups is 1. The molecule has 0 amide bonds. The number of Topliss-reactive ketones (excluding diaryl/α,β-unsaturated/α-hetero) is 1. The number of thioether (sulfide) groups is 1. The monoisotopic (exact) mass is 262 g/mol. The summed E-state index contributed by atoms with van der Waals surface area (Å²) in [7, 11) is 0. The van der Waals surface area contributed by atoms with Crippen molar-refractivity contribution in [2.45, 2.75) is 18.4 Å². The van der Waals surface area contributed by atoms with Crippen molar-refractivity contribution >= 4 is 17.5 Å². The SMILES string of the molecule is CC(=O)c1ccc(O)c(CSCc2ccco2)c1. The van der Waals surface area contributed by atoms with E-state index in [1.165, 1.54) is 6.92 Å². The molecular weight excluding hydrogens is 248 g/mol. The number of hydrogen-bond acceptors (Lipinski definition) is 4. The van der Waals surface area contributed by atoms with E-state index >= 15 is 0 Å². The third-order valence-corrected chi connectivity index (χ3v) is 3.57. The number of phenols is 1. The van der Waals surface area contributed by atoms with E-state index < -0.39 is 0 Å². The Kier molecular flexibility index (Phi) is 4.10. The van der Waals surface area contributed by atoms with Gasteiger partial charge in [-0.2, -0.15) is 0 Å². The molecular formula is C14H14O3S. The molecule has 0 atom stereocenters. The molecule has 2 aromatic rings. The molecule has 3 nitrogen and oxygen atoms in total. The van der Waals surface area contributed by atoms with Crippen LogP contribution in [-0.2, 0) is 11.5 Å². The van der Waals surface area contributed by atoms with E-state index in [-0.39, 0.29) is 11.5 Å². The first-order chi connectivity index (χ1) is 8.66. The lowest BCUT2D eigenvalue weighted by Crippen LogP contribution is -1.94. The number of aromatic hydroxyl groups is 1. The fourth-order valence-electron chi connectivity index (χ4n) is 1.58. The van der Waals surface area contributed by atoms with Crippen molar-refractivity contribution in [3.05, 3.63) is 53.5 Å². The van der Waals surface area contributed by atoms with Crippen molar-refractivity contribution in [2.24, 2.45) is 0 Å². The van der Waals surface area contributed by atoms with E-state index in [0.29, 0.717) is 11.3 Å². The molecule has 0 bridgehead atoms. The minimum Gasteiger partial charge on any atom is -0.508 e. The second-order valence-corrected chi connectivity index (χ2v) is 4.96. The van der Waals surface area contributed by atoms with Crippen LogP contribution in [0.3, 0.4) is 0 Å². The summed E-state index contributed by atoms with van der Waals surface area (Å²) in [4.78, 5) is 11.3. The Morgan fingerprint density at radius 3 is 2.83 bits per heavy atom. The van der Waals surface area contributed by atoms with Crippen LogP contribution in [0.5, 0.6) is 5.75 Å². The van der Waals surface area contributed by atoms with E-state index in [0.717, 1.165) is 17.1 Å². The molecule has 1 aromatic heterocycles. The Morgan fingerprint density at radius 1 is 1.33 bits per heavy atom. The van der Waals surface area contributed by atoms with Crippen LogP contribution in [0, 0.1) is 0 Å². The maximum absolute atomic E-state index is 11.3. The zero-order chi connectivity index (χ0) is 13.0. The summed E-state index contributed by atoms with van der Waals surface area (Å²) < 4.78 is 5.23. The van der Waals surface area contributed by atoms with E-state index in [9.17, 15) is 9.90 Å². The Morgan fingerprint density at radius 2 is 2.17 bits per heavy atom. The molecule has 1 aromatic carbocycles. The highest BCUT2D eigenvalue weighted by molar-refractivity contribution is 7.97. The van der Waals surface area contributed by atoms with Crippen molar-refractivity contribution < 1.29 is 14.3 Å². The van der Waals surface area contributed by atoms with E-state index in [4.69, 9.17) is 4.42 Å². The van der Waals surface area contributed by atoms with E-state index in [2.05, 4.69) is 0 Å². The van der Waals surface area contributed by atoms with Crippen molar-refractivity contribution in [3.8, 4) is 5.75 Å². The highest BCUT2D eigenvalue weighted by Crippen LogP contribution is 2.25. The van der Waals surface area contributed by atoms with Gasteiger partial charge in [-0.25, -0.2) is 0 Å². The lowest BCUT2D eigenvalue weighted by Gasteiger charge is -2.05. The maximum Gasteiger partial charge on any atom is 0.159 e. The fourth-order valence-corrected chi connectivity index (χ4v) is 2.50. The van der Waals surface area contributed by atoms with Gasteiger partial charge in [0.25, 0.3) is 0 Å². The Bertz CT molecular complexity index is 532. The lowest BCUT2D eigenvalue weighted by atomic mass is 10.1. The second kappa shape index (κ2) is 5.78. The van der Waals surface area contributed by atoms with Crippen LogP contribution >= 0.6 is 11.8 Å². The van der Waals surface area contributed by atoms with Gasteiger partial charge in [0.1, 0.15) is 11.5 Å². The number of hydrogen-bond donors (Lipinski definition) is 1. The summed E-state index contributed by atoms with van der Waals surface area (Å²) in [6, 6.07) is 8.72. The van der Waals surface area contributed by atoms with Crippen LogP contribution < -0.4 is 0 Å². The van der Waals surface area contributed by atoms with Crippen LogP contribution in [0.1, 0.15) is 28.6 Å². The molecule has 0 saturated heterocycles. The van der Waals surface area contributed by atoms with E-state index in [1.807, 2.05) is 12.1 Å². The lowest BCUT2D eigenvalue weighted by molar-refractivity contribution is 0.101. The van der Waals surface area contributed by atoms with Gasteiger partial charge in [-0.3, -0.25) is 4.79 Å². The van der Waals surface area contributed by atoms with Crippen LogP contribution in [-0.4, -0.2) is 10.9 Å². The molecule has 2 rings (SSSR count). The number of rotatable bonds is 5. The van der Waals surface area contributed by atoms with Crippen molar-refractivity contribution in [2.75, 3.05) is 0 Å². The van der Waals surface area contributed by atoms with Crippen LogP contribution in [0.4, 0.5) is 0 Å². The van der Waals surface area contributed by atoms with E-state index in [1.54, 1.807) is 36.2 Å². The van der Waals surface area contributed by atoms with Crippen molar-refractivity contribution in [1.29, 1.82) is 0 Å². The van der Waals surface area contributed by atoms with Gasteiger partial charge in [-0.1, -0.05) is 0 Å². The molecule has 94 valence electrons. The van der Waals surface area contributed by atoms with Gasteiger partial charge in [-0.15, -0.1) is 11.8 Å². The average Bonchev–Trinajstić information content (AvgIpc) is 2.84. The molecule has 18 heavy (non-hydrogen) atoms. The van der Waals surface area contributed by atoms with Crippen molar-refractivity contribution in [3.63, 3.8) is 0 Å². The van der Waals surface area contributed by atoms with Gasteiger partial charge in [-0.05, 0) is 37.3 Å². The third kappa shape index (κ3) is 3.17.